The SMILES string of the molecule is COc1cccc(-c2nnn(CC(=O)Nc3cccc(-c4csc(C)n4)c3)n2)c1. The van der Waals surface area contributed by atoms with Gasteiger partial charge in [-0.1, -0.05) is 24.3 Å². The maximum atomic E-state index is 12.4. The number of carbonyl (C=O) groups excluding carboxylic acids is 1. The lowest BCUT2D eigenvalue weighted by molar-refractivity contribution is -0.117. The highest BCUT2D eigenvalue weighted by Crippen LogP contribution is 2.24. The minimum absolute atomic E-state index is 0.0446. The van der Waals surface area contributed by atoms with Gasteiger partial charge < -0.3 is 10.1 Å². The Hall–Kier alpha value is -3.59. The molecular formula is C20H18N6O2S. The minimum atomic E-state index is -0.244. The Morgan fingerprint density at radius 3 is 2.79 bits per heavy atom. The second kappa shape index (κ2) is 8.19. The number of methoxy groups -OCH3 is 1. The fraction of sp³-hybridized carbons (Fsp3) is 0.150. The monoisotopic (exact) mass is 406 g/mol. The van der Waals surface area contributed by atoms with Crippen molar-refractivity contribution in [1.29, 1.82) is 0 Å². The van der Waals surface area contributed by atoms with Gasteiger partial charge in [0.2, 0.25) is 11.7 Å². The number of anilines is 1. The van der Waals surface area contributed by atoms with Gasteiger partial charge in [0.1, 0.15) is 12.3 Å². The van der Waals surface area contributed by atoms with Gasteiger partial charge >= 0.3 is 0 Å². The van der Waals surface area contributed by atoms with E-state index in [1.165, 1.54) is 4.80 Å². The van der Waals surface area contributed by atoms with Gasteiger partial charge in [-0.25, -0.2) is 4.98 Å². The lowest BCUT2D eigenvalue weighted by Crippen LogP contribution is -2.20. The number of nitrogens with zero attached hydrogens (tertiary/aromatic N) is 5. The van der Waals surface area contributed by atoms with Crippen molar-refractivity contribution in [3.63, 3.8) is 0 Å². The van der Waals surface area contributed by atoms with E-state index in [9.17, 15) is 4.79 Å². The molecule has 4 aromatic rings. The molecule has 0 atom stereocenters. The first-order chi connectivity index (χ1) is 14.1. The third-order valence-corrected chi connectivity index (χ3v) is 4.90. The number of tetrazole rings is 1. The summed E-state index contributed by atoms with van der Waals surface area (Å²) in [4.78, 5) is 18.1. The maximum Gasteiger partial charge on any atom is 0.248 e. The van der Waals surface area contributed by atoms with E-state index in [0.717, 1.165) is 21.8 Å². The molecule has 4 rings (SSSR count). The van der Waals surface area contributed by atoms with Crippen molar-refractivity contribution in [3.05, 3.63) is 58.9 Å². The Bertz CT molecular complexity index is 1150. The quantitative estimate of drug-likeness (QED) is 0.527. The van der Waals surface area contributed by atoms with Crippen LogP contribution in [0, 0.1) is 6.92 Å². The molecule has 0 saturated heterocycles. The standard InChI is InChI=1S/C20H18N6O2S/c1-13-21-18(12-29-13)14-5-3-7-16(9-14)22-19(27)11-26-24-20(23-25-26)15-6-4-8-17(10-15)28-2/h3-10,12H,11H2,1-2H3,(H,22,27). The van der Waals surface area contributed by atoms with Crippen molar-refractivity contribution in [1.82, 2.24) is 25.2 Å². The van der Waals surface area contributed by atoms with E-state index in [4.69, 9.17) is 4.74 Å². The van der Waals surface area contributed by atoms with Gasteiger partial charge in [-0.15, -0.1) is 21.5 Å². The van der Waals surface area contributed by atoms with Gasteiger partial charge in [-0.05, 0) is 36.4 Å². The molecule has 2 aromatic heterocycles. The summed E-state index contributed by atoms with van der Waals surface area (Å²) < 4.78 is 5.21. The van der Waals surface area contributed by atoms with Crippen LogP contribution in [0.2, 0.25) is 0 Å². The molecule has 0 aliphatic rings. The van der Waals surface area contributed by atoms with Crippen molar-refractivity contribution in [3.8, 4) is 28.4 Å². The van der Waals surface area contributed by atoms with Crippen LogP contribution in [0.25, 0.3) is 22.6 Å². The number of carbonyl (C=O) groups is 1. The highest BCUT2D eigenvalue weighted by Gasteiger charge is 2.11. The molecule has 0 aliphatic carbocycles. The van der Waals surface area contributed by atoms with E-state index in [2.05, 4.69) is 25.7 Å². The van der Waals surface area contributed by atoms with Crippen LogP contribution in [-0.2, 0) is 11.3 Å². The largest absolute Gasteiger partial charge is 0.497 e. The van der Waals surface area contributed by atoms with E-state index in [1.54, 1.807) is 18.4 Å². The van der Waals surface area contributed by atoms with Crippen LogP contribution in [0.4, 0.5) is 5.69 Å². The number of benzene rings is 2. The smallest absolute Gasteiger partial charge is 0.248 e. The van der Waals surface area contributed by atoms with E-state index in [1.807, 2.05) is 60.8 Å². The third kappa shape index (κ3) is 4.46. The van der Waals surface area contributed by atoms with Crippen molar-refractivity contribution in [2.75, 3.05) is 12.4 Å². The van der Waals surface area contributed by atoms with Gasteiger partial charge in [-0.3, -0.25) is 4.79 Å². The van der Waals surface area contributed by atoms with Gasteiger partial charge in [0.15, 0.2) is 0 Å². The Balaban J connectivity index is 1.43. The molecule has 29 heavy (non-hydrogen) atoms. The second-order valence-corrected chi connectivity index (χ2v) is 7.32. The summed E-state index contributed by atoms with van der Waals surface area (Å²) in [5.41, 5.74) is 3.30. The number of hydrogen-bond acceptors (Lipinski definition) is 7. The third-order valence-electron chi connectivity index (χ3n) is 4.13. The molecule has 0 radical (unpaired) electrons. The first-order valence-electron chi connectivity index (χ1n) is 8.85. The summed E-state index contributed by atoms with van der Waals surface area (Å²) >= 11 is 1.59. The van der Waals surface area contributed by atoms with Gasteiger partial charge in [0.25, 0.3) is 0 Å². The molecule has 0 unspecified atom stereocenters. The first kappa shape index (κ1) is 18.8. The summed E-state index contributed by atoms with van der Waals surface area (Å²) in [7, 11) is 1.60. The fourth-order valence-electron chi connectivity index (χ4n) is 2.77. The molecule has 9 heteroatoms. The number of aryl methyl sites for hydroxylation is 1. The zero-order valence-corrected chi connectivity index (χ0v) is 16.7. The van der Waals surface area contributed by atoms with Crippen LogP contribution in [0.5, 0.6) is 5.75 Å². The van der Waals surface area contributed by atoms with Gasteiger partial charge in [0, 0.05) is 22.2 Å². The Morgan fingerprint density at radius 2 is 2.00 bits per heavy atom. The zero-order valence-electron chi connectivity index (χ0n) is 15.9. The molecule has 0 spiro atoms. The summed E-state index contributed by atoms with van der Waals surface area (Å²) in [6, 6.07) is 14.9. The lowest BCUT2D eigenvalue weighted by atomic mass is 10.1. The predicted molar refractivity (Wildman–Crippen MR) is 111 cm³/mol. The highest BCUT2D eigenvalue weighted by atomic mass is 32.1. The summed E-state index contributed by atoms with van der Waals surface area (Å²) in [5.74, 6) is 0.885. The van der Waals surface area contributed by atoms with Crippen molar-refractivity contribution < 1.29 is 9.53 Å². The van der Waals surface area contributed by atoms with Crippen molar-refractivity contribution in [2.24, 2.45) is 0 Å². The predicted octanol–water partition coefficient (Wildman–Crippen LogP) is 3.42. The maximum absolute atomic E-state index is 12.4. The number of ether oxygens (including phenoxy) is 1. The highest BCUT2D eigenvalue weighted by molar-refractivity contribution is 7.09. The Morgan fingerprint density at radius 1 is 1.17 bits per heavy atom. The van der Waals surface area contributed by atoms with Crippen LogP contribution in [0.3, 0.4) is 0 Å². The number of rotatable bonds is 6. The van der Waals surface area contributed by atoms with E-state index in [0.29, 0.717) is 17.3 Å². The molecule has 0 bridgehead atoms. The van der Waals surface area contributed by atoms with Crippen LogP contribution in [0.1, 0.15) is 5.01 Å². The number of hydrogen-bond donors (Lipinski definition) is 1. The number of nitrogens with one attached hydrogen (secondary N) is 1. The van der Waals surface area contributed by atoms with Crippen LogP contribution in [0.15, 0.2) is 53.9 Å². The minimum Gasteiger partial charge on any atom is -0.497 e. The van der Waals surface area contributed by atoms with E-state index >= 15 is 0 Å². The van der Waals surface area contributed by atoms with Crippen LogP contribution < -0.4 is 10.1 Å². The van der Waals surface area contributed by atoms with E-state index < -0.39 is 0 Å². The van der Waals surface area contributed by atoms with Crippen LogP contribution in [-0.4, -0.2) is 38.2 Å². The molecule has 0 aliphatic heterocycles. The number of thiazole rings is 1. The average Bonchev–Trinajstić information content (AvgIpc) is 3.37. The molecule has 8 nitrogen and oxygen atoms in total. The topological polar surface area (TPSA) is 94.8 Å². The molecule has 2 aromatic carbocycles. The molecule has 146 valence electrons. The lowest BCUT2D eigenvalue weighted by Gasteiger charge is -2.06. The van der Waals surface area contributed by atoms with Crippen molar-refractivity contribution in [2.45, 2.75) is 13.5 Å². The molecular weight excluding hydrogens is 388 g/mol. The van der Waals surface area contributed by atoms with Gasteiger partial charge in [0.05, 0.1) is 17.8 Å². The zero-order chi connectivity index (χ0) is 20.2. The second-order valence-electron chi connectivity index (χ2n) is 6.26. The summed E-state index contributed by atoms with van der Waals surface area (Å²) in [6.07, 6.45) is 0. The Labute approximate surface area is 171 Å². The van der Waals surface area contributed by atoms with Gasteiger partial charge in [-0.2, -0.15) is 4.80 Å². The normalized spacial score (nSPS) is 10.7. The average molecular weight is 406 g/mol. The molecule has 1 amide bonds. The van der Waals surface area contributed by atoms with E-state index in [-0.39, 0.29) is 12.5 Å². The summed E-state index contributed by atoms with van der Waals surface area (Å²) in [5, 5.41) is 18.1. The Kier molecular flexibility index (Phi) is 5.30. The van der Waals surface area contributed by atoms with Crippen molar-refractivity contribution >= 4 is 22.9 Å². The summed E-state index contributed by atoms with van der Waals surface area (Å²) in [6.45, 7) is 1.92. The number of amides is 1. The molecule has 0 saturated carbocycles. The molecule has 2 heterocycles. The van der Waals surface area contributed by atoms with Crippen LogP contribution >= 0.6 is 11.3 Å². The molecule has 1 N–H and O–H groups in total. The number of aromatic nitrogens is 5. The fourth-order valence-corrected chi connectivity index (χ4v) is 3.39. The first-order valence-corrected chi connectivity index (χ1v) is 9.73. The molecule has 0 fully saturated rings.